The first-order chi connectivity index (χ1) is 16.2. The summed E-state index contributed by atoms with van der Waals surface area (Å²) in [6, 6.07) is 18.5. The molecule has 3 aliphatic rings. The van der Waals surface area contributed by atoms with Crippen LogP contribution in [0.15, 0.2) is 59.0 Å². The molecule has 1 aliphatic carbocycles. The quantitative estimate of drug-likeness (QED) is 0.604. The van der Waals surface area contributed by atoms with E-state index in [9.17, 15) is 4.79 Å². The second-order valence-corrected chi connectivity index (χ2v) is 9.61. The average molecular weight is 447 g/mol. The van der Waals surface area contributed by atoms with Gasteiger partial charge in [0.15, 0.2) is 5.58 Å². The van der Waals surface area contributed by atoms with Crippen molar-refractivity contribution >= 4 is 23.0 Å². The van der Waals surface area contributed by atoms with E-state index in [1.165, 1.54) is 5.56 Å². The molecule has 2 N–H and O–H groups in total. The fourth-order valence-corrected chi connectivity index (χ4v) is 5.39. The number of ether oxygens (including phenoxy) is 1. The van der Waals surface area contributed by atoms with Crippen LogP contribution >= 0.6 is 0 Å². The van der Waals surface area contributed by atoms with E-state index in [-0.39, 0.29) is 29.6 Å². The van der Waals surface area contributed by atoms with Crippen molar-refractivity contribution in [3.8, 4) is 0 Å². The second kappa shape index (κ2) is 8.47. The van der Waals surface area contributed by atoms with Gasteiger partial charge in [-0.15, -0.1) is 0 Å². The molecule has 1 amide bonds. The van der Waals surface area contributed by atoms with Crippen molar-refractivity contribution in [1.82, 2.24) is 15.6 Å². The van der Waals surface area contributed by atoms with Crippen LogP contribution in [0, 0.1) is 0 Å². The molecule has 7 nitrogen and oxygen atoms in total. The fraction of sp³-hybridized carbons (Fsp3) is 0.462. The smallest absolute Gasteiger partial charge is 0.299 e. The summed E-state index contributed by atoms with van der Waals surface area (Å²) >= 11 is 0. The fourth-order valence-electron chi connectivity index (χ4n) is 5.39. The number of aromatic nitrogens is 1. The zero-order chi connectivity index (χ0) is 22.3. The van der Waals surface area contributed by atoms with E-state index >= 15 is 0 Å². The zero-order valence-electron chi connectivity index (χ0n) is 18.7. The van der Waals surface area contributed by atoms with E-state index in [0.29, 0.717) is 12.6 Å². The molecule has 33 heavy (non-hydrogen) atoms. The first kappa shape index (κ1) is 20.7. The molecule has 6 rings (SSSR count). The summed E-state index contributed by atoms with van der Waals surface area (Å²) in [4.78, 5) is 20.0. The Morgan fingerprint density at radius 3 is 2.88 bits per heavy atom. The van der Waals surface area contributed by atoms with Crippen LogP contribution in [-0.2, 0) is 16.1 Å². The number of nitrogens with zero attached hydrogens (tertiary/aromatic N) is 2. The highest BCUT2D eigenvalue weighted by atomic mass is 16.5. The first-order valence-electron chi connectivity index (χ1n) is 12.0. The van der Waals surface area contributed by atoms with Crippen LogP contribution in [0.5, 0.6) is 0 Å². The topological polar surface area (TPSA) is 79.6 Å². The SMILES string of the molecule is O=C(N[C@H]1CNC2(C1)C[C@H]2OCc1ccccc1)[C@@H]1CCCCN1c1nc2ccccc2o1. The van der Waals surface area contributed by atoms with E-state index in [0.717, 1.165) is 56.3 Å². The van der Waals surface area contributed by atoms with Gasteiger partial charge < -0.3 is 24.7 Å². The molecular weight excluding hydrogens is 416 g/mol. The van der Waals surface area contributed by atoms with E-state index in [4.69, 9.17) is 9.15 Å². The number of oxazole rings is 1. The minimum absolute atomic E-state index is 0.0132. The largest absolute Gasteiger partial charge is 0.423 e. The lowest BCUT2D eigenvalue weighted by atomic mass is 10.0. The van der Waals surface area contributed by atoms with Crippen LogP contribution in [0.4, 0.5) is 6.01 Å². The van der Waals surface area contributed by atoms with Crippen molar-refractivity contribution in [2.45, 2.75) is 62.4 Å². The number of nitrogens with one attached hydrogen (secondary N) is 2. The summed E-state index contributed by atoms with van der Waals surface area (Å²) in [6.45, 7) is 2.20. The predicted octanol–water partition coefficient (Wildman–Crippen LogP) is 3.39. The third-order valence-electron chi connectivity index (χ3n) is 7.29. The molecule has 1 unspecified atom stereocenters. The van der Waals surface area contributed by atoms with Gasteiger partial charge in [0.2, 0.25) is 5.91 Å². The number of fused-ring (bicyclic) bond motifs is 1. The molecule has 1 aromatic heterocycles. The Morgan fingerprint density at radius 1 is 1.15 bits per heavy atom. The number of hydrogen-bond acceptors (Lipinski definition) is 6. The van der Waals surface area contributed by atoms with Crippen LogP contribution in [0.3, 0.4) is 0 Å². The highest BCUT2D eigenvalue weighted by Crippen LogP contribution is 2.46. The Kier molecular flexibility index (Phi) is 5.31. The molecule has 1 spiro atoms. The highest BCUT2D eigenvalue weighted by Gasteiger charge is 2.59. The van der Waals surface area contributed by atoms with Gasteiger partial charge in [-0.05, 0) is 49.8 Å². The summed E-state index contributed by atoms with van der Waals surface area (Å²) in [5.41, 5.74) is 2.79. The molecule has 172 valence electrons. The highest BCUT2D eigenvalue weighted by molar-refractivity contribution is 5.85. The number of benzene rings is 2. The number of para-hydroxylation sites is 2. The van der Waals surface area contributed by atoms with Gasteiger partial charge in [-0.1, -0.05) is 42.5 Å². The lowest BCUT2D eigenvalue weighted by Gasteiger charge is -2.34. The molecule has 2 aliphatic heterocycles. The molecular formula is C26H30N4O3. The third kappa shape index (κ3) is 4.11. The maximum absolute atomic E-state index is 13.3. The van der Waals surface area contributed by atoms with Crippen molar-refractivity contribution in [2.24, 2.45) is 0 Å². The zero-order valence-corrected chi connectivity index (χ0v) is 18.7. The lowest BCUT2D eigenvalue weighted by molar-refractivity contribution is -0.123. The Morgan fingerprint density at radius 2 is 2.00 bits per heavy atom. The summed E-state index contributed by atoms with van der Waals surface area (Å²) in [5, 5.41) is 6.93. The third-order valence-corrected chi connectivity index (χ3v) is 7.29. The molecule has 3 fully saturated rings. The normalized spacial score (nSPS) is 29.0. The van der Waals surface area contributed by atoms with Gasteiger partial charge in [0.1, 0.15) is 11.6 Å². The maximum Gasteiger partial charge on any atom is 0.299 e. The van der Waals surface area contributed by atoms with Crippen LogP contribution in [0.25, 0.3) is 11.1 Å². The van der Waals surface area contributed by atoms with Gasteiger partial charge in [0, 0.05) is 24.7 Å². The van der Waals surface area contributed by atoms with E-state index in [1.54, 1.807) is 0 Å². The molecule has 3 heterocycles. The summed E-state index contributed by atoms with van der Waals surface area (Å²) in [7, 11) is 0. The maximum atomic E-state index is 13.3. The van der Waals surface area contributed by atoms with Crippen LogP contribution in [-0.4, -0.2) is 47.7 Å². The average Bonchev–Trinajstić information content (AvgIpc) is 3.16. The molecule has 3 aromatic rings. The number of carbonyl (C=O) groups is 1. The van der Waals surface area contributed by atoms with Gasteiger partial charge in [-0.25, -0.2) is 0 Å². The van der Waals surface area contributed by atoms with Crippen molar-refractivity contribution < 1.29 is 13.9 Å². The molecule has 2 saturated heterocycles. The number of piperidine rings is 1. The number of amides is 1. The molecule has 1 saturated carbocycles. The van der Waals surface area contributed by atoms with Gasteiger partial charge >= 0.3 is 0 Å². The summed E-state index contributed by atoms with van der Waals surface area (Å²) < 4.78 is 12.1. The summed E-state index contributed by atoms with van der Waals surface area (Å²) in [5.74, 6) is 0.0724. The van der Waals surface area contributed by atoms with Crippen molar-refractivity contribution in [1.29, 1.82) is 0 Å². The Hall–Kier alpha value is -2.90. The standard InChI is InChI=1S/C26H30N4O3/c31-24(21-11-6-7-13-30(21)25-29-20-10-4-5-12-22(20)33-25)28-19-14-26(27-16-19)15-23(26)32-17-18-8-2-1-3-9-18/h1-5,8-10,12,19,21,23,27H,6-7,11,13-17H2,(H,28,31)/t19-,21+,23-,26?/m1/s1. The summed E-state index contributed by atoms with van der Waals surface area (Å²) in [6.07, 6.45) is 5.02. The van der Waals surface area contributed by atoms with Crippen molar-refractivity contribution in [3.05, 3.63) is 60.2 Å². The van der Waals surface area contributed by atoms with Gasteiger partial charge in [-0.3, -0.25) is 4.79 Å². The molecule has 0 radical (unpaired) electrons. The van der Waals surface area contributed by atoms with Gasteiger partial charge in [0.05, 0.1) is 12.7 Å². The monoisotopic (exact) mass is 446 g/mol. The van der Waals surface area contributed by atoms with E-state index in [1.807, 2.05) is 47.4 Å². The molecule has 2 aromatic carbocycles. The predicted molar refractivity (Wildman–Crippen MR) is 126 cm³/mol. The number of rotatable bonds is 6. The van der Waals surface area contributed by atoms with Crippen molar-refractivity contribution in [3.63, 3.8) is 0 Å². The van der Waals surface area contributed by atoms with Crippen LogP contribution in [0.1, 0.15) is 37.7 Å². The Bertz CT molecular complexity index is 1100. The number of carbonyl (C=O) groups excluding carboxylic acids is 1. The second-order valence-electron chi connectivity index (χ2n) is 9.61. The Labute approximate surface area is 193 Å². The van der Waals surface area contributed by atoms with Crippen LogP contribution in [0.2, 0.25) is 0 Å². The first-order valence-corrected chi connectivity index (χ1v) is 12.0. The molecule has 4 atom stereocenters. The minimum atomic E-state index is -0.243. The van der Waals surface area contributed by atoms with E-state index < -0.39 is 0 Å². The molecule has 0 bridgehead atoms. The van der Waals surface area contributed by atoms with Crippen molar-refractivity contribution in [2.75, 3.05) is 18.0 Å². The van der Waals surface area contributed by atoms with Crippen LogP contribution < -0.4 is 15.5 Å². The van der Waals surface area contributed by atoms with Gasteiger partial charge in [0.25, 0.3) is 6.01 Å². The lowest BCUT2D eigenvalue weighted by Crippen LogP contribution is -2.52. The van der Waals surface area contributed by atoms with Gasteiger partial charge in [-0.2, -0.15) is 4.98 Å². The number of anilines is 1. The minimum Gasteiger partial charge on any atom is -0.423 e. The van der Waals surface area contributed by atoms with E-state index in [2.05, 4.69) is 27.8 Å². The molecule has 7 heteroatoms. The Balaban J connectivity index is 1.07. The number of hydrogen-bond donors (Lipinski definition) is 2.